The van der Waals surface area contributed by atoms with Crippen molar-refractivity contribution < 1.29 is 0 Å². The van der Waals surface area contributed by atoms with Crippen molar-refractivity contribution in [2.45, 2.75) is 27.7 Å². The molecular formula is C21H20N2. The molecule has 0 saturated heterocycles. The summed E-state index contributed by atoms with van der Waals surface area (Å²) < 4.78 is 2.20. The van der Waals surface area contributed by atoms with Crippen molar-refractivity contribution in [3.05, 3.63) is 71.2 Å². The normalized spacial score (nSPS) is 11.5. The third-order valence-corrected chi connectivity index (χ3v) is 4.64. The summed E-state index contributed by atoms with van der Waals surface area (Å²) in [5.74, 6) is 0. The van der Waals surface area contributed by atoms with Gasteiger partial charge in [-0.3, -0.25) is 0 Å². The number of hydrogen-bond donors (Lipinski definition) is 0. The Hall–Kier alpha value is -2.61. The Morgan fingerprint density at radius 1 is 0.870 bits per heavy atom. The highest BCUT2D eigenvalue weighted by Crippen LogP contribution is 2.35. The molecule has 114 valence electrons. The highest BCUT2D eigenvalue weighted by molar-refractivity contribution is 6.04. The highest BCUT2D eigenvalue weighted by atomic mass is 15.0. The lowest BCUT2D eigenvalue weighted by atomic mass is 9.92. The lowest BCUT2D eigenvalue weighted by Crippen LogP contribution is -1.96. The number of aromatic nitrogens is 2. The van der Waals surface area contributed by atoms with Crippen molar-refractivity contribution in [1.29, 1.82) is 0 Å². The molecule has 2 heteroatoms. The van der Waals surface area contributed by atoms with E-state index in [1.807, 2.05) is 6.20 Å². The molecule has 2 nitrogen and oxygen atoms in total. The van der Waals surface area contributed by atoms with E-state index in [0.29, 0.717) is 0 Å². The van der Waals surface area contributed by atoms with E-state index in [1.54, 1.807) is 0 Å². The summed E-state index contributed by atoms with van der Waals surface area (Å²) in [5.41, 5.74) is 8.77. The Balaban J connectivity index is 2.20. The summed E-state index contributed by atoms with van der Waals surface area (Å²) in [4.78, 5) is 4.60. The molecule has 0 spiro atoms. The zero-order chi connectivity index (χ0) is 16.1. The molecule has 2 heterocycles. The molecule has 0 aliphatic heterocycles. The van der Waals surface area contributed by atoms with Gasteiger partial charge >= 0.3 is 0 Å². The zero-order valence-electron chi connectivity index (χ0n) is 14.0. The summed E-state index contributed by atoms with van der Waals surface area (Å²) >= 11 is 0. The number of fused-ring (bicyclic) bond motifs is 3. The number of hydrogen-bond acceptors (Lipinski definition) is 1. The topological polar surface area (TPSA) is 17.3 Å². The molecule has 4 aromatic rings. The minimum Gasteiger partial charge on any atom is -0.303 e. The second-order valence-corrected chi connectivity index (χ2v) is 6.46. The van der Waals surface area contributed by atoms with Crippen molar-refractivity contribution in [2.75, 3.05) is 0 Å². The van der Waals surface area contributed by atoms with Gasteiger partial charge in [-0.15, -0.1) is 0 Å². The predicted octanol–water partition coefficient (Wildman–Crippen LogP) is 5.39. The number of rotatable bonds is 1. The van der Waals surface area contributed by atoms with Gasteiger partial charge in [-0.1, -0.05) is 42.0 Å². The summed E-state index contributed by atoms with van der Waals surface area (Å²) in [5, 5.41) is 2.47. The molecule has 2 aromatic heterocycles. The maximum absolute atomic E-state index is 4.60. The minimum absolute atomic E-state index is 1.03. The van der Waals surface area contributed by atoms with E-state index in [4.69, 9.17) is 0 Å². The lowest BCUT2D eigenvalue weighted by molar-refractivity contribution is 1.12. The molecule has 0 N–H and O–H groups in total. The van der Waals surface area contributed by atoms with Crippen LogP contribution in [0.1, 0.15) is 22.4 Å². The van der Waals surface area contributed by atoms with Crippen LogP contribution in [0.2, 0.25) is 0 Å². The number of imidazole rings is 1. The van der Waals surface area contributed by atoms with Crippen LogP contribution in [0.15, 0.2) is 48.8 Å². The molecule has 0 fully saturated rings. The van der Waals surface area contributed by atoms with Gasteiger partial charge in [0.05, 0.1) is 0 Å². The SMILES string of the molecule is Cc1cc(C)c(-c2cn3c(C)cnc3c3ccccc23)c(C)c1. The Morgan fingerprint density at radius 2 is 1.52 bits per heavy atom. The van der Waals surface area contributed by atoms with Crippen molar-refractivity contribution >= 4 is 16.4 Å². The monoisotopic (exact) mass is 300 g/mol. The smallest absolute Gasteiger partial charge is 0.144 e. The van der Waals surface area contributed by atoms with Crippen molar-refractivity contribution in [3.63, 3.8) is 0 Å². The van der Waals surface area contributed by atoms with Gasteiger partial charge in [-0.25, -0.2) is 4.98 Å². The number of nitrogens with zero attached hydrogens (tertiary/aromatic N) is 2. The second kappa shape index (κ2) is 4.95. The van der Waals surface area contributed by atoms with Crippen LogP contribution in [0.4, 0.5) is 0 Å². The molecule has 0 saturated carbocycles. The highest BCUT2D eigenvalue weighted by Gasteiger charge is 2.14. The quantitative estimate of drug-likeness (QED) is 0.461. The van der Waals surface area contributed by atoms with E-state index in [2.05, 4.69) is 79.7 Å². The van der Waals surface area contributed by atoms with Crippen molar-refractivity contribution in [1.82, 2.24) is 9.38 Å². The van der Waals surface area contributed by atoms with E-state index in [-0.39, 0.29) is 0 Å². The first-order valence-electron chi connectivity index (χ1n) is 8.00. The van der Waals surface area contributed by atoms with E-state index in [1.165, 1.54) is 38.6 Å². The molecule has 4 rings (SSSR count). The van der Waals surface area contributed by atoms with Crippen LogP contribution in [0.25, 0.3) is 27.5 Å². The fraction of sp³-hybridized carbons (Fsp3) is 0.190. The van der Waals surface area contributed by atoms with Crippen molar-refractivity contribution in [3.8, 4) is 11.1 Å². The number of aryl methyl sites for hydroxylation is 4. The third-order valence-electron chi connectivity index (χ3n) is 4.64. The Morgan fingerprint density at radius 3 is 2.22 bits per heavy atom. The molecule has 0 aliphatic rings. The van der Waals surface area contributed by atoms with Gasteiger partial charge in [-0.05, 0) is 49.8 Å². The maximum atomic E-state index is 4.60. The molecule has 2 aromatic carbocycles. The number of benzene rings is 2. The summed E-state index contributed by atoms with van der Waals surface area (Å²) in [6, 6.07) is 13.1. The lowest BCUT2D eigenvalue weighted by Gasteiger charge is -2.15. The van der Waals surface area contributed by atoms with Gasteiger partial charge < -0.3 is 4.40 Å². The Kier molecular flexibility index (Phi) is 3.02. The first kappa shape index (κ1) is 14.0. The summed E-state index contributed by atoms with van der Waals surface area (Å²) in [6.45, 7) is 8.67. The van der Waals surface area contributed by atoms with Crippen LogP contribution in [-0.2, 0) is 0 Å². The molecule has 0 unspecified atom stereocenters. The first-order chi connectivity index (χ1) is 11.1. The van der Waals surface area contributed by atoms with Crippen LogP contribution >= 0.6 is 0 Å². The molecule has 0 radical (unpaired) electrons. The molecule has 0 bridgehead atoms. The molecule has 23 heavy (non-hydrogen) atoms. The zero-order valence-corrected chi connectivity index (χ0v) is 14.0. The average molecular weight is 300 g/mol. The Labute approximate surface area is 136 Å². The van der Waals surface area contributed by atoms with Crippen LogP contribution in [-0.4, -0.2) is 9.38 Å². The van der Waals surface area contributed by atoms with Crippen LogP contribution in [0.3, 0.4) is 0 Å². The average Bonchev–Trinajstić information content (AvgIpc) is 2.88. The first-order valence-corrected chi connectivity index (χ1v) is 8.00. The molecular weight excluding hydrogens is 280 g/mol. The van der Waals surface area contributed by atoms with Crippen molar-refractivity contribution in [2.24, 2.45) is 0 Å². The van der Waals surface area contributed by atoms with E-state index >= 15 is 0 Å². The fourth-order valence-corrected chi connectivity index (χ4v) is 3.72. The maximum Gasteiger partial charge on any atom is 0.144 e. The van der Waals surface area contributed by atoms with E-state index in [0.717, 1.165) is 11.3 Å². The second-order valence-electron chi connectivity index (χ2n) is 6.46. The van der Waals surface area contributed by atoms with Gasteiger partial charge in [0.25, 0.3) is 0 Å². The number of pyridine rings is 1. The van der Waals surface area contributed by atoms with Gasteiger partial charge in [0.2, 0.25) is 0 Å². The van der Waals surface area contributed by atoms with Gasteiger partial charge in [0.15, 0.2) is 0 Å². The van der Waals surface area contributed by atoms with Gasteiger partial charge in [0.1, 0.15) is 5.65 Å². The van der Waals surface area contributed by atoms with Crippen LogP contribution in [0.5, 0.6) is 0 Å². The van der Waals surface area contributed by atoms with Crippen LogP contribution in [0, 0.1) is 27.7 Å². The Bertz CT molecular complexity index is 1030. The van der Waals surface area contributed by atoms with E-state index in [9.17, 15) is 0 Å². The standard InChI is InChI=1S/C21H20N2/c1-13-9-14(2)20(15(3)10-13)19-12-23-16(4)11-22-21(23)18-8-6-5-7-17(18)19/h5-12H,1-4H3. The van der Waals surface area contributed by atoms with E-state index < -0.39 is 0 Å². The predicted molar refractivity (Wildman–Crippen MR) is 97.1 cm³/mol. The largest absolute Gasteiger partial charge is 0.303 e. The summed E-state index contributed by atoms with van der Waals surface area (Å²) in [6.07, 6.45) is 4.19. The molecule has 0 atom stereocenters. The van der Waals surface area contributed by atoms with Crippen LogP contribution < -0.4 is 0 Å². The third kappa shape index (κ3) is 2.06. The molecule has 0 amide bonds. The van der Waals surface area contributed by atoms with Gasteiger partial charge in [-0.2, -0.15) is 0 Å². The minimum atomic E-state index is 1.03. The molecule has 0 aliphatic carbocycles. The summed E-state index contributed by atoms with van der Waals surface area (Å²) in [7, 11) is 0. The fourth-order valence-electron chi connectivity index (χ4n) is 3.72. The van der Waals surface area contributed by atoms with Gasteiger partial charge in [0, 0.05) is 29.0 Å².